The van der Waals surface area contributed by atoms with E-state index in [1.165, 1.54) is 19.3 Å². The minimum atomic E-state index is 0.434. The van der Waals surface area contributed by atoms with Crippen LogP contribution < -0.4 is 5.32 Å². The molecule has 3 heterocycles. The maximum absolute atomic E-state index is 5.83. The molecule has 1 N–H and O–H groups in total. The van der Waals surface area contributed by atoms with Gasteiger partial charge in [0, 0.05) is 24.3 Å². The van der Waals surface area contributed by atoms with E-state index < -0.39 is 0 Å². The number of fused-ring (bicyclic) bond motifs is 1. The number of rotatable bonds is 3. The van der Waals surface area contributed by atoms with Crippen molar-refractivity contribution in [3.05, 3.63) is 29.6 Å². The molecule has 3 atom stereocenters. The second-order valence-electron chi connectivity index (χ2n) is 6.66. The fourth-order valence-corrected chi connectivity index (χ4v) is 3.92. The molecule has 0 spiro atoms. The van der Waals surface area contributed by atoms with Crippen molar-refractivity contribution in [3.8, 4) is 5.82 Å². The average Bonchev–Trinajstić information content (AvgIpc) is 3.15. The number of aryl methyl sites for hydroxylation is 2. The number of aromatic nitrogens is 4. The third-order valence-corrected chi connectivity index (χ3v) is 4.99. The van der Waals surface area contributed by atoms with Crippen molar-refractivity contribution >= 4 is 5.82 Å². The molecule has 2 aliphatic rings. The Labute approximate surface area is 136 Å². The van der Waals surface area contributed by atoms with E-state index in [1.54, 1.807) is 0 Å². The molecule has 0 radical (unpaired) electrons. The Morgan fingerprint density at radius 2 is 2.09 bits per heavy atom. The summed E-state index contributed by atoms with van der Waals surface area (Å²) in [4.78, 5) is 0. The number of hydrogen-bond acceptors (Lipinski definition) is 5. The molecular weight excluding hydrogens is 290 g/mol. The Kier molecular flexibility index (Phi) is 3.77. The highest BCUT2D eigenvalue weighted by atomic mass is 16.5. The van der Waals surface area contributed by atoms with Crippen LogP contribution >= 0.6 is 0 Å². The van der Waals surface area contributed by atoms with Gasteiger partial charge in [0.15, 0.2) is 5.82 Å². The van der Waals surface area contributed by atoms with Crippen LogP contribution in [-0.2, 0) is 4.74 Å². The highest BCUT2D eigenvalue weighted by Gasteiger charge is 2.37. The van der Waals surface area contributed by atoms with E-state index in [4.69, 9.17) is 4.74 Å². The van der Waals surface area contributed by atoms with Gasteiger partial charge in [-0.3, -0.25) is 0 Å². The summed E-state index contributed by atoms with van der Waals surface area (Å²) in [6.07, 6.45) is 5.19. The molecule has 0 amide bonds. The van der Waals surface area contributed by atoms with Gasteiger partial charge in [-0.05, 0) is 57.7 Å². The lowest BCUT2D eigenvalue weighted by molar-refractivity contribution is 0.0619. The Bertz CT molecular complexity index is 681. The zero-order valence-corrected chi connectivity index (χ0v) is 13.7. The van der Waals surface area contributed by atoms with E-state index in [2.05, 4.69) is 20.6 Å². The Morgan fingerprint density at radius 3 is 2.83 bits per heavy atom. The van der Waals surface area contributed by atoms with Crippen LogP contribution in [0.25, 0.3) is 5.82 Å². The van der Waals surface area contributed by atoms with Crippen LogP contribution in [0.1, 0.15) is 37.1 Å². The normalized spacial score (nSPS) is 27.0. The van der Waals surface area contributed by atoms with E-state index >= 15 is 0 Å². The predicted octanol–water partition coefficient (Wildman–Crippen LogP) is 2.65. The Balaban J connectivity index is 1.49. The standard InChI is InChI=1S/C17H23N5O/c1-11-10-12(2)22(21-11)17-7-6-16(19-20-17)18-14-4-3-5-15-13(14)8-9-23-15/h6-7,10,13-15H,3-5,8-9H2,1-2H3,(H,18,19)/t13-,14+,15-/m0/s1. The van der Waals surface area contributed by atoms with Crippen molar-refractivity contribution in [3.63, 3.8) is 0 Å². The molecule has 2 aromatic rings. The zero-order chi connectivity index (χ0) is 15.8. The largest absolute Gasteiger partial charge is 0.378 e. The molecule has 2 aromatic heterocycles. The molecule has 6 heteroatoms. The van der Waals surface area contributed by atoms with E-state index in [1.807, 2.05) is 36.7 Å². The first kappa shape index (κ1) is 14.6. The quantitative estimate of drug-likeness (QED) is 0.943. The summed E-state index contributed by atoms with van der Waals surface area (Å²) in [5, 5.41) is 16.7. The van der Waals surface area contributed by atoms with Gasteiger partial charge in [-0.2, -0.15) is 5.10 Å². The highest BCUT2D eigenvalue weighted by Crippen LogP contribution is 2.35. The fraction of sp³-hybridized carbons (Fsp3) is 0.588. The smallest absolute Gasteiger partial charge is 0.176 e. The molecule has 6 nitrogen and oxygen atoms in total. The minimum Gasteiger partial charge on any atom is -0.378 e. The third kappa shape index (κ3) is 2.83. The zero-order valence-electron chi connectivity index (χ0n) is 13.7. The lowest BCUT2D eigenvalue weighted by atomic mass is 9.82. The fourth-order valence-electron chi connectivity index (χ4n) is 3.92. The SMILES string of the molecule is Cc1cc(C)n(-c2ccc(N[C@@H]3CCC[C@@H]4OCC[C@H]43)nn2)n1. The molecule has 23 heavy (non-hydrogen) atoms. The maximum Gasteiger partial charge on any atom is 0.176 e. The first-order valence-electron chi connectivity index (χ1n) is 8.46. The molecule has 0 aromatic carbocycles. The maximum atomic E-state index is 5.83. The minimum absolute atomic E-state index is 0.434. The summed E-state index contributed by atoms with van der Waals surface area (Å²) in [6, 6.07) is 6.46. The summed E-state index contributed by atoms with van der Waals surface area (Å²) in [7, 11) is 0. The van der Waals surface area contributed by atoms with E-state index in [9.17, 15) is 0 Å². The molecule has 1 aliphatic carbocycles. The van der Waals surface area contributed by atoms with Gasteiger partial charge >= 0.3 is 0 Å². The van der Waals surface area contributed by atoms with Crippen molar-refractivity contribution < 1.29 is 4.74 Å². The van der Waals surface area contributed by atoms with E-state index in [0.717, 1.165) is 36.1 Å². The number of nitrogens with zero attached hydrogens (tertiary/aromatic N) is 4. The van der Waals surface area contributed by atoms with Gasteiger partial charge < -0.3 is 10.1 Å². The van der Waals surface area contributed by atoms with Gasteiger partial charge in [-0.1, -0.05) is 0 Å². The van der Waals surface area contributed by atoms with Crippen molar-refractivity contribution in [2.24, 2.45) is 5.92 Å². The Morgan fingerprint density at radius 1 is 1.17 bits per heavy atom. The Hall–Kier alpha value is -1.95. The summed E-state index contributed by atoms with van der Waals surface area (Å²) in [6.45, 7) is 4.90. The first-order chi connectivity index (χ1) is 11.2. The van der Waals surface area contributed by atoms with Gasteiger partial charge in [0.1, 0.15) is 5.82 Å². The lowest BCUT2D eigenvalue weighted by Gasteiger charge is -2.33. The van der Waals surface area contributed by atoms with Crippen molar-refractivity contribution in [1.29, 1.82) is 0 Å². The first-order valence-corrected chi connectivity index (χ1v) is 8.46. The van der Waals surface area contributed by atoms with Crippen LogP contribution in [0.3, 0.4) is 0 Å². The topological polar surface area (TPSA) is 64.9 Å². The average molecular weight is 313 g/mol. The van der Waals surface area contributed by atoms with Crippen LogP contribution in [0, 0.1) is 19.8 Å². The summed E-state index contributed by atoms with van der Waals surface area (Å²) in [5.74, 6) is 2.21. The number of ether oxygens (including phenoxy) is 1. The van der Waals surface area contributed by atoms with Crippen molar-refractivity contribution in [2.45, 2.75) is 51.7 Å². The van der Waals surface area contributed by atoms with Crippen molar-refractivity contribution in [2.75, 3.05) is 11.9 Å². The molecule has 0 unspecified atom stereocenters. The van der Waals surface area contributed by atoms with Gasteiger partial charge in [0.25, 0.3) is 0 Å². The van der Waals surface area contributed by atoms with Gasteiger partial charge in [0.2, 0.25) is 0 Å². The van der Waals surface area contributed by atoms with Crippen LogP contribution in [0.4, 0.5) is 5.82 Å². The number of nitrogens with one attached hydrogen (secondary N) is 1. The molecular formula is C17H23N5O. The van der Waals surface area contributed by atoms with Crippen LogP contribution in [0.5, 0.6) is 0 Å². The lowest BCUT2D eigenvalue weighted by Crippen LogP contribution is -2.38. The molecule has 1 saturated carbocycles. The molecule has 2 fully saturated rings. The van der Waals surface area contributed by atoms with Crippen LogP contribution in [-0.4, -0.2) is 38.7 Å². The second-order valence-corrected chi connectivity index (χ2v) is 6.66. The predicted molar refractivity (Wildman–Crippen MR) is 87.7 cm³/mol. The highest BCUT2D eigenvalue weighted by molar-refractivity contribution is 5.38. The molecule has 0 bridgehead atoms. The number of anilines is 1. The van der Waals surface area contributed by atoms with Gasteiger partial charge in [-0.15, -0.1) is 10.2 Å². The second kappa shape index (κ2) is 5.92. The number of hydrogen-bond donors (Lipinski definition) is 1. The van der Waals surface area contributed by atoms with Crippen molar-refractivity contribution in [1.82, 2.24) is 20.0 Å². The van der Waals surface area contributed by atoms with Gasteiger partial charge in [0.05, 0.1) is 11.8 Å². The molecule has 1 saturated heterocycles. The molecule has 4 rings (SSSR count). The van der Waals surface area contributed by atoms with Gasteiger partial charge in [-0.25, -0.2) is 4.68 Å². The molecule has 1 aliphatic heterocycles. The van der Waals surface area contributed by atoms with Crippen LogP contribution in [0.15, 0.2) is 18.2 Å². The summed E-state index contributed by atoms with van der Waals surface area (Å²) in [5.41, 5.74) is 2.05. The molecule has 122 valence electrons. The van der Waals surface area contributed by atoms with E-state index in [0.29, 0.717) is 18.1 Å². The monoisotopic (exact) mass is 313 g/mol. The van der Waals surface area contributed by atoms with E-state index in [-0.39, 0.29) is 0 Å². The third-order valence-electron chi connectivity index (χ3n) is 4.99. The summed E-state index contributed by atoms with van der Waals surface area (Å²) >= 11 is 0. The summed E-state index contributed by atoms with van der Waals surface area (Å²) < 4.78 is 7.66. The van der Waals surface area contributed by atoms with Crippen LogP contribution in [0.2, 0.25) is 0 Å².